The van der Waals surface area contributed by atoms with Gasteiger partial charge in [-0.2, -0.15) is 0 Å². The minimum atomic E-state index is 0.308. The molecule has 2 aromatic rings. The molecule has 1 fully saturated rings. The third-order valence-electron chi connectivity index (χ3n) is 4.16. The summed E-state index contributed by atoms with van der Waals surface area (Å²) in [5.41, 5.74) is 8.36. The second-order valence-corrected chi connectivity index (χ2v) is 5.19. The molecule has 1 aliphatic carbocycles. The monoisotopic (exact) mass is 230 g/mol. The average Bonchev–Trinajstić information content (AvgIpc) is 2.62. The first-order valence-corrected chi connectivity index (χ1v) is 6.19. The Kier molecular flexibility index (Phi) is 2.40. The van der Waals surface area contributed by atoms with E-state index in [4.69, 9.17) is 10.7 Å². The van der Waals surface area contributed by atoms with Crippen LogP contribution >= 0.6 is 0 Å². The second kappa shape index (κ2) is 3.81. The molecule has 90 valence electrons. The molecule has 17 heavy (non-hydrogen) atoms. The topological polar surface area (TPSA) is 56.7 Å². The Bertz CT molecular complexity index is 534. The molecule has 2 N–H and O–H groups in total. The van der Waals surface area contributed by atoms with Crippen molar-refractivity contribution in [1.82, 2.24) is 14.5 Å². The fourth-order valence-electron chi connectivity index (χ4n) is 2.71. The van der Waals surface area contributed by atoms with E-state index in [2.05, 4.69) is 16.6 Å². The van der Waals surface area contributed by atoms with E-state index < -0.39 is 0 Å². The van der Waals surface area contributed by atoms with Crippen LogP contribution in [-0.4, -0.2) is 21.1 Å². The normalized spacial score (nSPS) is 18.2. The summed E-state index contributed by atoms with van der Waals surface area (Å²) in [6, 6.07) is 1.97. The zero-order chi connectivity index (χ0) is 11.9. The first-order valence-electron chi connectivity index (χ1n) is 6.19. The molecule has 4 heteroatoms. The van der Waals surface area contributed by atoms with E-state index >= 15 is 0 Å². The van der Waals surface area contributed by atoms with Gasteiger partial charge in [0.15, 0.2) is 0 Å². The Morgan fingerprint density at radius 3 is 2.88 bits per heavy atom. The Balaban J connectivity index is 1.98. The molecule has 0 amide bonds. The third-order valence-corrected chi connectivity index (χ3v) is 4.16. The number of hydrogen-bond acceptors (Lipinski definition) is 3. The molecule has 0 radical (unpaired) electrons. The van der Waals surface area contributed by atoms with Crippen LogP contribution in [0.15, 0.2) is 18.5 Å². The lowest BCUT2D eigenvalue weighted by Crippen LogP contribution is -2.39. The van der Waals surface area contributed by atoms with Crippen molar-refractivity contribution < 1.29 is 0 Å². The lowest BCUT2D eigenvalue weighted by Gasteiger charge is -2.40. The Morgan fingerprint density at radius 1 is 1.47 bits per heavy atom. The molecule has 0 atom stereocenters. The highest BCUT2D eigenvalue weighted by molar-refractivity contribution is 5.74. The minimum absolute atomic E-state index is 0.308. The van der Waals surface area contributed by atoms with E-state index in [1.165, 1.54) is 19.3 Å². The summed E-state index contributed by atoms with van der Waals surface area (Å²) >= 11 is 0. The molecule has 0 bridgehead atoms. The van der Waals surface area contributed by atoms with Gasteiger partial charge in [0.25, 0.3) is 0 Å². The van der Waals surface area contributed by atoms with Crippen molar-refractivity contribution in [2.45, 2.75) is 25.7 Å². The van der Waals surface area contributed by atoms with Gasteiger partial charge in [-0.25, -0.2) is 4.98 Å². The molecular weight excluding hydrogens is 212 g/mol. The second-order valence-electron chi connectivity index (χ2n) is 5.19. The van der Waals surface area contributed by atoms with Crippen LogP contribution in [-0.2, 0) is 13.5 Å². The van der Waals surface area contributed by atoms with E-state index in [1.807, 2.05) is 12.3 Å². The fraction of sp³-hybridized carbons (Fsp3) is 0.538. The number of aromatic nitrogens is 3. The van der Waals surface area contributed by atoms with Crippen LogP contribution < -0.4 is 5.73 Å². The standard InChI is InChI=1S/C13H18N4/c1-17-11-8-15-6-3-10(11)16-12(17)7-13(9-14)4-2-5-13/h3,6,8H,2,4-5,7,9,14H2,1H3. The summed E-state index contributed by atoms with van der Waals surface area (Å²) in [5, 5.41) is 0. The first-order chi connectivity index (χ1) is 8.24. The third kappa shape index (κ3) is 1.63. The van der Waals surface area contributed by atoms with Crippen LogP contribution in [0.1, 0.15) is 25.1 Å². The van der Waals surface area contributed by atoms with E-state index in [0.29, 0.717) is 5.41 Å². The average molecular weight is 230 g/mol. The van der Waals surface area contributed by atoms with Gasteiger partial charge in [-0.15, -0.1) is 0 Å². The minimum Gasteiger partial charge on any atom is -0.330 e. The van der Waals surface area contributed by atoms with Crippen molar-refractivity contribution in [3.05, 3.63) is 24.3 Å². The van der Waals surface area contributed by atoms with E-state index in [1.54, 1.807) is 6.20 Å². The number of nitrogens with two attached hydrogens (primary N) is 1. The molecule has 0 unspecified atom stereocenters. The quantitative estimate of drug-likeness (QED) is 0.872. The van der Waals surface area contributed by atoms with Crippen molar-refractivity contribution in [2.75, 3.05) is 6.54 Å². The molecular formula is C13H18N4. The van der Waals surface area contributed by atoms with Gasteiger partial charge in [-0.05, 0) is 30.9 Å². The summed E-state index contributed by atoms with van der Waals surface area (Å²) in [7, 11) is 2.06. The van der Waals surface area contributed by atoms with Crippen molar-refractivity contribution in [2.24, 2.45) is 18.2 Å². The number of hydrogen-bond donors (Lipinski definition) is 1. The maximum Gasteiger partial charge on any atom is 0.110 e. The molecule has 0 saturated heterocycles. The Morgan fingerprint density at radius 2 is 2.29 bits per heavy atom. The van der Waals surface area contributed by atoms with Gasteiger partial charge in [0, 0.05) is 19.7 Å². The van der Waals surface area contributed by atoms with Crippen molar-refractivity contribution in [3.8, 4) is 0 Å². The summed E-state index contributed by atoms with van der Waals surface area (Å²) < 4.78 is 2.15. The number of aryl methyl sites for hydroxylation is 1. The van der Waals surface area contributed by atoms with Crippen molar-refractivity contribution in [3.63, 3.8) is 0 Å². The van der Waals surface area contributed by atoms with Gasteiger partial charge in [-0.3, -0.25) is 4.98 Å². The van der Waals surface area contributed by atoms with Crippen LogP contribution in [0.2, 0.25) is 0 Å². The molecule has 3 rings (SSSR count). The highest BCUT2D eigenvalue weighted by Crippen LogP contribution is 2.42. The maximum absolute atomic E-state index is 5.91. The SMILES string of the molecule is Cn1c(CC2(CN)CCC2)nc2ccncc21. The van der Waals surface area contributed by atoms with Crippen molar-refractivity contribution in [1.29, 1.82) is 0 Å². The number of fused-ring (bicyclic) bond motifs is 1. The molecule has 0 spiro atoms. The largest absolute Gasteiger partial charge is 0.330 e. The zero-order valence-electron chi connectivity index (χ0n) is 10.2. The summed E-state index contributed by atoms with van der Waals surface area (Å²) in [4.78, 5) is 8.85. The van der Waals surface area contributed by atoms with Crippen LogP contribution in [0.3, 0.4) is 0 Å². The number of pyridine rings is 1. The van der Waals surface area contributed by atoms with E-state index in [0.717, 1.165) is 29.8 Å². The van der Waals surface area contributed by atoms with Crippen LogP contribution in [0.5, 0.6) is 0 Å². The molecule has 2 aromatic heterocycles. The fourth-order valence-corrected chi connectivity index (χ4v) is 2.71. The van der Waals surface area contributed by atoms with Gasteiger partial charge in [0.05, 0.1) is 17.2 Å². The first kappa shape index (κ1) is 10.7. The van der Waals surface area contributed by atoms with Crippen LogP contribution in [0.4, 0.5) is 0 Å². The molecule has 0 aromatic carbocycles. The smallest absolute Gasteiger partial charge is 0.110 e. The van der Waals surface area contributed by atoms with Gasteiger partial charge in [-0.1, -0.05) is 6.42 Å². The van der Waals surface area contributed by atoms with Gasteiger partial charge >= 0.3 is 0 Å². The molecule has 4 nitrogen and oxygen atoms in total. The highest BCUT2D eigenvalue weighted by Gasteiger charge is 2.36. The zero-order valence-corrected chi connectivity index (χ0v) is 10.2. The highest BCUT2D eigenvalue weighted by atomic mass is 15.1. The maximum atomic E-state index is 5.91. The van der Waals surface area contributed by atoms with Crippen LogP contribution in [0, 0.1) is 5.41 Å². The molecule has 1 saturated carbocycles. The van der Waals surface area contributed by atoms with E-state index in [-0.39, 0.29) is 0 Å². The summed E-state index contributed by atoms with van der Waals surface area (Å²) in [5.74, 6) is 1.14. The Hall–Kier alpha value is -1.42. The predicted octanol–water partition coefficient (Wildman–Crippen LogP) is 1.64. The molecule has 1 aliphatic rings. The summed E-state index contributed by atoms with van der Waals surface area (Å²) in [6.45, 7) is 0.772. The van der Waals surface area contributed by atoms with Gasteiger partial charge in [0.2, 0.25) is 0 Å². The molecule has 2 heterocycles. The Labute approximate surface area is 101 Å². The van der Waals surface area contributed by atoms with Crippen molar-refractivity contribution >= 4 is 11.0 Å². The van der Waals surface area contributed by atoms with Gasteiger partial charge < -0.3 is 10.3 Å². The number of nitrogens with zero attached hydrogens (tertiary/aromatic N) is 3. The van der Waals surface area contributed by atoms with Gasteiger partial charge in [0.1, 0.15) is 5.82 Å². The van der Waals surface area contributed by atoms with E-state index in [9.17, 15) is 0 Å². The molecule has 0 aliphatic heterocycles. The lowest BCUT2D eigenvalue weighted by molar-refractivity contribution is 0.140. The van der Waals surface area contributed by atoms with Crippen LogP contribution in [0.25, 0.3) is 11.0 Å². The number of imidazole rings is 1. The summed E-state index contributed by atoms with van der Waals surface area (Å²) in [6.07, 6.45) is 8.45. The number of rotatable bonds is 3. The lowest BCUT2D eigenvalue weighted by atomic mass is 9.66. The predicted molar refractivity (Wildman–Crippen MR) is 67.6 cm³/mol.